The molecule has 5 rings (SSSR count). The highest BCUT2D eigenvalue weighted by molar-refractivity contribution is 6.74. The number of ether oxygens (including phenoxy) is 2. The number of phenols is 1. The van der Waals surface area contributed by atoms with Crippen molar-refractivity contribution in [2.45, 2.75) is 117 Å². The molecular formula is C41H57N5O9Si. The second-order valence-electron chi connectivity index (χ2n) is 17.2. The number of rotatable bonds is 12. The van der Waals surface area contributed by atoms with Crippen molar-refractivity contribution in [3.63, 3.8) is 0 Å². The van der Waals surface area contributed by atoms with Gasteiger partial charge >= 0.3 is 12.2 Å². The highest BCUT2D eigenvalue weighted by Gasteiger charge is 2.59. The van der Waals surface area contributed by atoms with Crippen LogP contribution >= 0.6 is 0 Å². The molecule has 1 spiro atoms. The number of alkyl carbamates (subject to hydrolysis) is 1. The number of carbonyl (C=O) groups excluding carboxylic acids is 5. The van der Waals surface area contributed by atoms with E-state index in [1.807, 2.05) is 4.90 Å². The molecule has 14 nitrogen and oxygen atoms in total. The van der Waals surface area contributed by atoms with Gasteiger partial charge in [0.25, 0.3) is 5.91 Å². The Bertz CT molecular complexity index is 1850. The Balaban J connectivity index is 1.30. The first-order chi connectivity index (χ1) is 26.2. The van der Waals surface area contributed by atoms with E-state index in [4.69, 9.17) is 13.9 Å². The molecule has 56 heavy (non-hydrogen) atoms. The summed E-state index contributed by atoms with van der Waals surface area (Å²) >= 11 is 0. The van der Waals surface area contributed by atoms with Crippen LogP contribution in [0.1, 0.15) is 82.3 Å². The summed E-state index contributed by atoms with van der Waals surface area (Å²) in [6.45, 7) is 21.3. The summed E-state index contributed by atoms with van der Waals surface area (Å²) in [5, 5.41) is 18.6. The number of nitrogens with zero attached hydrogens (tertiary/aromatic N) is 2. The normalized spacial score (nSPS) is 19.6. The molecule has 5 amide bonds. The number of carbonyl (C=O) groups is 5. The number of hydrogen-bond donors (Lipinski definition) is 4. The van der Waals surface area contributed by atoms with Crippen LogP contribution in [0.2, 0.25) is 18.1 Å². The number of hydrogen-bond acceptors (Lipinski definition) is 9. The monoisotopic (exact) mass is 791 g/mol. The zero-order valence-corrected chi connectivity index (χ0v) is 35.0. The molecule has 0 bridgehead atoms. The zero-order valence-electron chi connectivity index (χ0n) is 34.0. The van der Waals surface area contributed by atoms with Crippen molar-refractivity contribution in [2.75, 3.05) is 23.4 Å². The van der Waals surface area contributed by atoms with Gasteiger partial charge < -0.3 is 39.9 Å². The van der Waals surface area contributed by atoms with Crippen LogP contribution in [-0.4, -0.2) is 85.7 Å². The second kappa shape index (κ2) is 16.3. The van der Waals surface area contributed by atoms with Crippen molar-refractivity contribution in [3.05, 3.63) is 65.7 Å². The van der Waals surface area contributed by atoms with E-state index in [-0.39, 0.29) is 46.9 Å². The van der Waals surface area contributed by atoms with Crippen LogP contribution in [0.5, 0.6) is 5.75 Å². The molecular weight excluding hydrogens is 735 g/mol. The zero-order chi connectivity index (χ0) is 41.3. The molecule has 1 saturated carbocycles. The van der Waals surface area contributed by atoms with Gasteiger partial charge in [0.1, 0.15) is 31.0 Å². The molecule has 2 aromatic rings. The number of phenolic OH excluding ortho intramolecular Hbond substituents is 1. The number of amides is 5. The lowest BCUT2D eigenvalue weighted by Crippen LogP contribution is -2.58. The van der Waals surface area contributed by atoms with Crippen LogP contribution < -0.4 is 20.9 Å². The van der Waals surface area contributed by atoms with Gasteiger partial charge in [0.05, 0.1) is 17.3 Å². The lowest BCUT2D eigenvalue weighted by molar-refractivity contribution is -0.128. The number of benzene rings is 2. The van der Waals surface area contributed by atoms with E-state index < -0.39 is 56.7 Å². The van der Waals surface area contributed by atoms with Crippen LogP contribution in [0, 0.1) is 18.3 Å². The van der Waals surface area contributed by atoms with Crippen molar-refractivity contribution in [3.8, 4) is 5.75 Å². The van der Waals surface area contributed by atoms with Crippen LogP contribution in [0.4, 0.5) is 21.0 Å². The summed E-state index contributed by atoms with van der Waals surface area (Å²) < 4.78 is 18.0. The maximum Gasteiger partial charge on any atom is 0.416 e. The van der Waals surface area contributed by atoms with Crippen molar-refractivity contribution in [1.82, 2.24) is 15.5 Å². The minimum Gasteiger partial charge on any atom is -0.508 e. The number of anilines is 2. The Morgan fingerprint density at radius 1 is 1.04 bits per heavy atom. The van der Waals surface area contributed by atoms with Gasteiger partial charge in [0.15, 0.2) is 14.5 Å². The SMILES string of the molecule is C=CCOC(=O)N[C@H](C(=O)N[C@@H](C)C(=O)Nc1ccc(COC(=O)N2c3cc(O)c(C)cc3C(=O)N3CC4(CC4)C[C@H]3C2O[Si](C)(C)C(C)(C)C)cc1)C(C)C. The van der Waals surface area contributed by atoms with Gasteiger partial charge in [-0.1, -0.05) is 59.4 Å². The van der Waals surface area contributed by atoms with Gasteiger partial charge in [-0.05, 0) is 91.9 Å². The van der Waals surface area contributed by atoms with Crippen molar-refractivity contribution >= 4 is 49.6 Å². The summed E-state index contributed by atoms with van der Waals surface area (Å²) in [5.74, 6) is -1.54. The predicted molar refractivity (Wildman–Crippen MR) is 215 cm³/mol. The Kier molecular flexibility index (Phi) is 12.3. The van der Waals surface area contributed by atoms with Gasteiger partial charge in [-0.3, -0.25) is 14.4 Å². The molecule has 2 fully saturated rings. The average molecular weight is 792 g/mol. The van der Waals surface area contributed by atoms with Crippen LogP contribution in [0.25, 0.3) is 0 Å². The summed E-state index contributed by atoms with van der Waals surface area (Å²) in [6, 6.07) is 7.54. The molecule has 0 radical (unpaired) electrons. The van der Waals surface area contributed by atoms with Crippen molar-refractivity contribution in [2.24, 2.45) is 11.3 Å². The molecule has 1 aliphatic carbocycles. The third-order valence-corrected chi connectivity index (χ3v) is 15.9. The Morgan fingerprint density at radius 3 is 2.29 bits per heavy atom. The second-order valence-corrected chi connectivity index (χ2v) is 22.0. The predicted octanol–water partition coefficient (Wildman–Crippen LogP) is 6.58. The quantitative estimate of drug-likeness (QED) is 0.137. The van der Waals surface area contributed by atoms with Gasteiger partial charge in [-0.2, -0.15) is 0 Å². The molecule has 2 aromatic carbocycles. The van der Waals surface area contributed by atoms with E-state index in [9.17, 15) is 29.1 Å². The van der Waals surface area contributed by atoms with E-state index in [2.05, 4.69) is 56.4 Å². The minimum atomic E-state index is -2.53. The van der Waals surface area contributed by atoms with Gasteiger partial charge in [0, 0.05) is 18.3 Å². The summed E-state index contributed by atoms with van der Waals surface area (Å²) in [4.78, 5) is 69.9. The molecule has 4 N–H and O–H groups in total. The molecule has 2 aliphatic heterocycles. The van der Waals surface area contributed by atoms with Crippen LogP contribution in [0.15, 0.2) is 49.1 Å². The highest BCUT2D eigenvalue weighted by Crippen LogP contribution is 2.57. The van der Waals surface area contributed by atoms with Gasteiger partial charge in [-0.25, -0.2) is 14.5 Å². The largest absolute Gasteiger partial charge is 0.508 e. The number of nitrogens with one attached hydrogen (secondary N) is 3. The fourth-order valence-corrected chi connectivity index (χ4v) is 8.02. The third-order valence-electron chi connectivity index (χ3n) is 11.5. The van der Waals surface area contributed by atoms with E-state index in [1.54, 1.807) is 51.1 Å². The summed E-state index contributed by atoms with van der Waals surface area (Å²) in [6.07, 6.45) is 1.82. The Labute approximate surface area is 330 Å². The molecule has 2 heterocycles. The topological polar surface area (TPSA) is 176 Å². The smallest absolute Gasteiger partial charge is 0.416 e. The maximum absolute atomic E-state index is 14.4. The van der Waals surface area contributed by atoms with Crippen molar-refractivity contribution in [1.29, 1.82) is 0 Å². The number of aromatic hydroxyl groups is 1. The Morgan fingerprint density at radius 2 is 1.70 bits per heavy atom. The first-order valence-electron chi connectivity index (χ1n) is 19.2. The third kappa shape index (κ3) is 9.21. The maximum atomic E-state index is 14.4. The van der Waals surface area contributed by atoms with Crippen LogP contribution in [0.3, 0.4) is 0 Å². The fourth-order valence-electron chi connectivity index (χ4n) is 6.80. The summed E-state index contributed by atoms with van der Waals surface area (Å²) in [7, 11) is -2.53. The first kappa shape index (κ1) is 42.3. The van der Waals surface area contributed by atoms with Crippen LogP contribution in [-0.2, 0) is 30.1 Å². The number of fused-ring (bicyclic) bond motifs is 2. The van der Waals surface area contributed by atoms with E-state index in [0.717, 1.165) is 12.8 Å². The fraction of sp³-hybridized carbons (Fsp3) is 0.537. The number of aryl methyl sites for hydroxylation is 1. The lowest BCUT2D eigenvalue weighted by atomic mass is 10.0. The lowest BCUT2D eigenvalue weighted by Gasteiger charge is -2.44. The molecule has 304 valence electrons. The van der Waals surface area contributed by atoms with E-state index in [0.29, 0.717) is 35.3 Å². The molecule has 15 heteroatoms. The van der Waals surface area contributed by atoms with Gasteiger partial charge in [0.2, 0.25) is 11.8 Å². The molecule has 1 saturated heterocycles. The van der Waals surface area contributed by atoms with E-state index >= 15 is 0 Å². The Hall–Kier alpha value is -4.89. The van der Waals surface area contributed by atoms with Crippen molar-refractivity contribution < 1.29 is 43.0 Å². The average Bonchev–Trinajstić information content (AvgIpc) is 3.79. The standard InChI is InChI=1S/C41H57N5O9Si/c1-11-18-53-38(51)44-33(24(2)3)35(49)42-26(5)34(48)43-28-14-12-27(13-15-28)22-54-39(52)46-30-20-32(47)25(4)19-29(30)36(50)45-23-41(16-17-41)21-31(45)37(46)55-56(9,10)40(6,7)8/h11-15,19-20,24,26,31,33,37,47H,1,16-18,21-23H2,2-10H3,(H,42,49)(H,43,48)(H,44,51)/t26-,31-,33-,37?/m0/s1. The molecule has 3 aliphatic rings. The molecule has 0 aromatic heterocycles. The molecule has 1 unspecified atom stereocenters. The minimum absolute atomic E-state index is 0.00872. The highest BCUT2D eigenvalue weighted by atomic mass is 28.4. The summed E-state index contributed by atoms with van der Waals surface area (Å²) in [5.41, 5.74) is 2.17. The van der Waals surface area contributed by atoms with E-state index in [1.165, 1.54) is 24.0 Å². The molecule has 4 atom stereocenters. The first-order valence-corrected chi connectivity index (χ1v) is 22.1. The van der Waals surface area contributed by atoms with Gasteiger partial charge in [-0.15, -0.1) is 0 Å².